The van der Waals surface area contributed by atoms with Gasteiger partial charge in [-0.15, -0.1) is 0 Å². The van der Waals surface area contributed by atoms with Crippen LogP contribution in [-0.4, -0.2) is 62.5 Å². The van der Waals surface area contributed by atoms with Crippen molar-refractivity contribution in [1.82, 2.24) is 0 Å². The third-order valence-electron chi connectivity index (χ3n) is 1.29. The van der Waals surface area contributed by atoms with E-state index in [0.717, 1.165) is 7.11 Å². The fraction of sp³-hybridized carbons (Fsp3) is 0.417. The number of benzene rings is 1. The molecule has 1 aromatic rings. The Hall–Kier alpha value is 0.490. The average Bonchev–Trinajstić information content (AvgIpc) is 2.22. The number of carbonyl (C=O) groups excluding carboxylic acids is 1. The molecule has 1 aromatic carbocycles. The van der Waals surface area contributed by atoms with Gasteiger partial charge in [-0.05, 0) is 13.8 Å². The van der Waals surface area contributed by atoms with Crippen molar-refractivity contribution < 1.29 is 39.5 Å². The standard InChI is InChI=1S/C7H8.C4H8O2.CH4O.Ca.2ClH/c1-7-5-3-2-4-6-7;1-3-6-4(2)5;1-2;;;/h2-6H,1H3;3H2,1-2H3;2H,1H3;;2*1H/q;;;+2;;/p-2. The minimum absolute atomic E-state index is 0. The molecule has 0 atom stereocenters. The fourth-order valence-electron chi connectivity index (χ4n) is 0.738. The van der Waals surface area contributed by atoms with E-state index in [9.17, 15) is 4.79 Å². The summed E-state index contributed by atoms with van der Waals surface area (Å²) in [5.41, 5.74) is 1.32. The van der Waals surface area contributed by atoms with Crippen LogP contribution >= 0.6 is 0 Å². The van der Waals surface area contributed by atoms with Crippen LogP contribution in [-0.2, 0) is 9.53 Å². The third kappa shape index (κ3) is 30.0. The second kappa shape index (κ2) is 26.1. The molecule has 102 valence electrons. The van der Waals surface area contributed by atoms with Gasteiger partial charge in [0.2, 0.25) is 0 Å². The Morgan fingerprint density at radius 1 is 1.17 bits per heavy atom. The first-order valence-electron chi connectivity index (χ1n) is 4.76. The Morgan fingerprint density at radius 2 is 1.56 bits per heavy atom. The smallest absolute Gasteiger partial charge is 1.00 e. The monoisotopic (exact) mass is 322 g/mol. The summed E-state index contributed by atoms with van der Waals surface area (Å²) in [6.45, 7) is 5.74. The van der Waals surface area contributed by atoms with Gasteiger partial charge in [0.05, 0.1) is 6.61 Å². The fourth-order valence-corrected chi connectivity index (χ4v) is 0.738. The summed E-state index contributed by atoms with van der Waals surface area (Å²) >= 11 is 0. The molecule has 0 fully saturated rings. The van der Waals surface area contributed by atoms with E-state index in [4.69, 9.17) is 5.11 Å². The first kappa shape index (κ1) is 31.1. The topological polar surface area (TPSA) is 46.5 Å². The van der Waals surface area contributed by atoms with Crippen molar-refractivity contribution in [2.75, 3.05) is 13.7 Å². The van der Waals surface area contributed by atoms with Crippen LogP contribution < -0.4 is 24.8 Å². The molecule has 1 N–H and O–H groups in total. The zero-order valence-electron chi connectivity index (χ0n) is 11.3. The van der Waals surface area contributed by atoms with Gasteiger partial charge in [-0.2, -0.15) is 0 Å². The van der Waals surface area contributed by atoms with Crippen LogP contribution in [0.15, 0.2) is 30.3 Å². The number of esters is 1. The molecule has 0 bridgehead atoms. The van der Waals surface area contributed by atoms with Crippen molar-refractivity contribution in [2.45, 2.75) is 20.8 Å². The van der Waals surface area contributed by atoms with Crippen molar-refractivity contribution in [1.29, 1.82) is 0 Å². The maximum atomic E-state index is 9.82. The molecule has 18 heavy (non-hydrogen) atoms. The van der Waals surface area contributed by atoms with Gasteiger partial charge in [-0.3, -0.25) is 4.79 Å². The number of rotatable bonds is 1. The van der Waals surface area contributed by atoms with E-state index in [-0.39, 0.29) is 68.5 Å². The van der Waals surface area contributed by atoms with Crippen molar-refractivity contribution in [3.8, 4) is 0 Å². The third-order valence-corrected chi connectivity index (χ3v) is 1.29. The van der Waals surface area contributed by atoms with Crippen LogP contribution in [0, 0.1) is 6.92 Å². The van der Waals surface area contributed by atoms with Crippen molar-refractivity contribution in [3.05, 3.63) is 35.9 Å². The van der Waals surface area contributed by atoms with E-state index in [1.165, 1.54) is 12.5 Å². The molecular formula is C12H20CaCl2O3. The number of hydrogen-bond acceptors (Lipinski definition) is 3. The largest absolute Gasteiger partial charge is 2.00 e. The van der Waals surface area contributed by atoms with Crippen LogP contribution in [0.5, 0.6) is 0 Å². The van der Waals surface area contributed by atoms with E-state index in [2.05, 4.69) is 23.8 Å². The second-order valence-electron chi connectivity index (χ2n) is 2.58. The Balaban J connectivity index is -0.0000000483. The molecule has 3 nitrogen and oxygen atoms in total. The normalized spacial score (nSPS) is 6.28. The Labute approximate surface area is 152 Å². The molecule has 0 aliphatic carbocycles. The van der Waals surface area contributed by atoms with Gasteiger partial charge in [0.15, 0.2) is 0 Å². The summed E-state index contributed by atoms with van der Waals surface area (Å²) in [7, 11) is 1.00. The van der Waals surface area contributed by atoms with Crippen molar-refractivity contribution in [3.63, 3.8) is 0 Å². The number of aliphatic hydroxyl groups excluding tert-OH is 1. The summed E-state index contributed by atoms with van der Waals surface area (Å²) in [5, 5.41) is 7.00. The Kier molecular flexibility index (Phi) is 45.1. The van der Waals surface area contributed by atoms with Crippen LogP contribution in [0.3, 0.4) is 0 Å². The summed E-state index contributed by atoms with van der Waals surface area (Å²) < 4.78 is 4.40. The van der Waals surface area contributed by atoms with Gasteiger partial charge in [0.25, 0.3) is 0 Å². The maximum Gasteiger partial charge on any atom is 2.00 e. The number of hydrogen-bond donors (Lipinski definition) is 1. The van der Waals surface area contributed by atoms with Crippen molar-refractivity contribution >= 4 is 43.7 Å². The van der Waals surface area contributed by atoms with E-state index in [1.54, 1.807) is 6.92 Å². The predicted molar refractivity (Wildman–Crippen MR) is 67.4 cm³/mol. The molecule has 0 spiro atoms. The summed E-state index contributed by atoms with van der Waals surface area (Å²) in [6.07, 6.45) is 0. The molecule has 0 saturated carbocycles. The SMILES string of the molecule is CCOC(C)=O.CO.Cc1ccccc1.[Ca+2].[Cl-].[Cl-]. The molecule has 0 saturated heterocycles. The zero-order chi connectivity index (χ0) is 12.1. The second-order valence-corrected chi connectivity index (χ2v) is 2.58. The minimum Gasteiger partial charge on any atom is -1.00 e. The predicted octanol–water partition coefficient (Wildman–Crippen LogP) is -4.20. The van der Waals surface area contributed by atoms with Crippen LogP contribution in [0.25, 0.3) is 0 Å². The molecule has 0 unspecified atom stereocenters. The van der Waals surface area contributed by atoms with Crippen LogP contribution in [0.2, 0.25) is 0 Å². The molecule has 6 heteroatoms. The van der Waals surface area contributed by atoms with Gasteiger partial charge < -0.3 is 34.7 Å². The molecule has 0 radical (unpaired) electrons. The number of carbonyl (C=O) groups is 1. The summed E-state index contributed by atoms with van der Waals surface area (Å²) in [4.78, 5) is 9.82. The van der Waals surface area contributed by atoms with Gasteiger partial charge in [-0.1, -0.05) is 35.9 Å². The molecule has 0 aliphatic rings. The molecular weight excluding hydrogens is 303 g/mol. The van der Waals surface area contributed by atoms with Gasteiger partial charge in [0.1, 0.15) is 0 Å². The first-order chi connectivity index (χ1) is 7.16. The first-order valence-corrected chi connectivity index (χ1v) is 4.76. The van der Waals surface area contributed by atoms with E-state index in [0.29, 0.717) is 6.61 Å². The summed E-state index contributed by atoms with van der Waals surface area (Å²) in [5.74, 6) is -0.211. The molecule has 1 rings (SSSR count). The maximum absolute atomic E-state index is 9.82. The van der Waals surface area contributed by atoms with E-state index < -0.39 is 0 Å². The minimum atomic E-state index is -0.211. The molecule has 0 aromatic heterocycles. The number of ether oxygens (including phenoxy) is 1. The molecule has 0 heterocycles. The Morgan fingerprint density at radius 3 is 1.67 bits per heavy atom. The van der Waals surface area contributed by atoms with Crippen molar-refractivity contribution in [2.24, 2.45) is 0 Å². The molecule has 0 amide bonds. The van der Waals surface area contributed by atoms with E-state index in [1.807, 2.05) is 18.2 Å². The number of halogens is 2. The number of aryl methyl sites for hydroxylation is 1. The zero-order valence-corrected chi connectivity index (χ0v) is 15.0. The van der Waals surface area contributed by atoms with Gasteiger partial charge >= 0.3 is 43.7 Å². The van der Waals surface area contributed by atoms with Crippen LogP contribution in [0.4, 0.5) is 0 Å². The summed E-state index contributed by atoms with van der Waals surface area (Å²) in [6, 6.07) is 10.3. The van der Waals surface area contributed by atoms with Crippen LogP contribution in [0.1, 0.15) is 19.4 Å². The average molecular weight is 323 g/mol. The van der Waals surface area contributed by atoms with Gasteiger partial charge in [-0.25, -0.2) is 0 Å². The Bertz CT molecular complexity index is 246. The van der Waals surface area contributed by atoms with E-state index >= 15 is 0 Å². The molecule has 0 aliphatic heterocycles. The number of aliphatic hydroxyl groups is 1. The quantitative estimate of drug-likeness (QED) is 0.421. The van der Waals surface area contributed by atoms with Gasteiger partial charge in [0, 0.05) is 14.0 Å².